The number of carboxylic acids is 2. The molecule has 2 aromatic rings. The summed E-state index contributed by atoms with van der Waals surface area (Å²) >= 11 is 5.78. The van der Waals surface area contributed by atoms with Gasteiger partial charge in [-0.05, 0) is 38.6 Å². The molecule has 8 nitrogen and oxygen atoms in total. The third-order valence-electron chi connectivity index (χ3n) is 3.59. The number of rotatable bonds is 9. The summed E-state index contributed by atoms with van der Waals surface area (Å²) in [6.07, 6.45) is 5.59. The van der Waals surface area contributed by atoms with Gasteiger partial charge >= 0.3 is 11.9 Å². The van der Waals surface area contributed by atoms with E-state index < -0.39 is 17.8 Å². The Bertz CT molecular complexity index is 893. The molecule has 1 atom stereocenters. The number of halogens is 2. The first-order valence-electron chi connectivity index (χ1n) is 8.64. The number of carboxylic acid groups (broad SMARTS) is 2. The number of furan rings is 1. The van der Waals surface area contributed by atoms with Crippen LogP contribution in [-0.2, 0) is 9.59 Å². The van der Waals surface area contributed by atoms with Crippen LogP contribution in [0.3, 0.4) is 0 Å². The highest BCUT2D eigenvalue weighted by atomic mass is 35.5. The Hall–Kier alpha value is -3.35. The summed E-state index contributed by atoms with van der Waals surface area (Å²) in [7, 11) is 1.88. The number of nitrogens with one attached hydrogen (secondary N) is 1. The fraction of sp³-hybridized carbons (Fsp3) is 0.250. The zero-order chi connectivity index (χ0) is 22.5. The van der Waals surface area contributed by atoms with Crippen LogP contribution in [0.2, 0.25) is 5.02 Å². The Morgan fingerprint density at radius 3 is 2.53 bits per heavy atom. The van der Waals surface area contributed by atoms with E-state index >= 15 is 0 Å². The van der Waals surface area contributed by atoms with Gasteiger partial charge < -0.3 is 24.7 Å². The van der Waals surface area contributed by atoms with E-state index in [1.54, 1.807) is 18.6 Å². The van der Waals surface area contributed by atoms with Gasteiger partial charge in [0.05, 0.1) is 23.1 Å². The minimum atomic E-state index is -1.26. The number of nitrogens with zero attached hydrogens (tertiary/aromatic N) is 1. The summed E-state index contributed by atoms with van der Waals surface area (Å²) in [5, 5.41) is 27.7. The van der Waals surface area contributed by atoms with Gasteiger partial charge in [-0.15, -0.1) is 0 Å². The predicted octanol–water partition coefficient (Wildman–Crippen LogP) is 3.78. The number of hydrogen-bond acceptors (Lipinski definition) is 6. The molecule has 3 N–H and O–H groups in total. The number of nitriles is 1. The largest absolute Gasteiger partial charge is 0.484 e. The van der Waals surface area contributed by atoms with Crippen LogP contribution < -0.4 is 10.1 Å². The van der Waals surface area contributed by atoms with Crippen molar-refractivity contribution >= 4 is 23.5 Å². The summed E-state index contributed by atoms with van der Waals surface area (Å²) in [5.41, 5.74) is 0.976. The zero-order valence-corrected chi connectivity index (χ0v) is 16.7. The number of ether oxygens (including phenoxy) is 1. The van der Waals surface area contributed by atoms with Crippen molar-refractivity contribution in [2.45, 2.75) is 18.9 Å². The van der Waals surface area contributed by atoms with E-state index in [0.29, 0.717) is 12.2 Å². The number of carbonyl (C=O) groups is 2. The van der Waals surface area contributed by atoms with Gasteiger partial charge in [-0.25, -0.2) is 14.0 Å². The highest BCUT2D eigenvalue weighted by Gasteiger charge is 2.18. The van der Waals surface area contributed by atoms with Crippen LogP contribution in [0.4, 0.5) is 4.39 Å². The minimum absolute atomic E-state index is 0.0739. The molecule has 1 heterocycles. The Balaban J connectivity index is 0.000000479. The van der Waals surface area contributed by atoms with E-state index in [9.17, 15) is 14.0 Å². The first kappa shape index (κ1) is 24.7. The zero-order valence-electron chi connectivity index (χ0n) is 16.0. The highest BCUT2D eigenvalue weighted by molar-refractivity contribution is 6.30. The molecule has 0 aliphatic carbocycles. The van der Waals surface area contributed by atoms with Crippen LogP contribution in [-0.4, -0.2) is 35.7 Å². The maximum Gasteiger partial charge on any atom is 0.328 e. The Morgan fingerprint density at radius 1 is 1.37 bits per heavy atom. The molecule has 1 aromatic carbocycles. The normalized spacial score (nSPS) is 11.3. The molecular formula is C20H20ClFN2O6. The van der Waals surface area contributed by atoms with Crippen molar-refractivity contribution < 1.29 is 33.3 Å². The van der Waals surface area contributed by atoms with Gasteiger partial charge in [0.25, 0.3) is 0 Å². The Labute approximate surface area is 177 Å². The molecule has 0 aliphatic rings. The van der Waals surface area contributed by atoms with Crippen LogP contribution in [0, 0.1) is 17.1 Å². The van der Waals surface area contributed by atoms with Crippen molar-refractivity contribution in [2.75, 3.05) is 13.6 Å². The number of hydrogen-bond donors (Lipinski definition) is 3. The van der Waals surface area contributed by atoms with Crippen LogP contribution in [0.25, 0.3) is 0 Å². The van der Waals surface area contributed by atoms with Crippen LogP contribution in [0.1, 0.15) is 30.1 Å². The molecule has 0 aliphatic heterocycles. The first-order valence-corrected chi connectivity index (χ1v) is 9.02. The molecule has 0 saturated heterocycles. The Kier molecular flexibility index (Phi) is 10.7. The monoisotopic (exact) mass is 438 g/mol. The van der Waals surface area contributed by atoms with E-state index in [1.807, 2.05) is 13.1 Å². The lowest BCUT2D eigenvalue weighted by molar-refractivity contribution is -0.134. The van der Waals surface area contributed by atoms with E-state index in [2.05, 4.69) is 5.32 Å². The van der Waals surface area contributed by atoms with Gasteiger partial charge in [0.1, 0.15) is 23.7 Å². The molecule has 0 unspecified atom stereocenters. The van der Waals surface area contributed by atoms with Crippen molar-refractivity contribution in [3.8, 4) is 11.8 Å². The molecule has 0 bridgehead atoms. The smallest absolute Gasteiger partial charge is 0.328 e. The highest BCUT2D eigenvalue weighted by Crippen LogP contribution is 2.32. The van der Waals surface area contributed by atoms with Crippen molar-refractivity contribution in [1.29, 1.82) is 5.26 Å². The van der Waals surface area contributed by atoms with Crippen molar-refractivity contribution in [3.63, 3.8) is 0 Å². The summed E-state index contributed by atoms with van der Waals surface area (Å²) in [6, 6.07) is 6.14. The van der Waals surface area contributed by atoms with Crippen LogP contribution in [0.5, 0.6) is 5.75 Å². The van der Waals surface area contributed by atoms with Gasteiger partial charge in [-0.2, -0.15) is 5.26 Å². The minimum Gasteiger partial charge on any atom is -0.484 e. The molecule has 0 radical (unpaired) electrons. The topological polar surface area (TPSA) is 133 Å². The van der Waals surface area contributed by atoms with Crippen molar-refractivity contribution in [1.82, 2.24) is 5.32 Å². The van der Waals surface area contributed by atoms with Crippen LogP contribution in [0.15, 0.2) is 47.3 Å². The molecule has 1 aromatic heterocycles. The van der Waals surface area contributed by atoms with E-state index in [0.717, 1.165) is 31.0 Å². The van der Waals surface area contributed by atoms with Gasteiger partial charge in [0.2, 0.25) is 0 Å². The van der Waals surface area contributed by atoms with E-state index in [-0.39, 0.29) is 22.4 Å². The van der Waals surface area contributed by atoms with Crippen LogP contribution >= 0.6 is 11.6 Å². The lowest BCUT2D eigenvalue weighted by atomic mass is 10.1. The van der Waals surface area contributed by atoms with Crippen molar-refractivity contribution in [3.05, 3.63) is 64.8 Å². The summed E-state index contributed by atoms with van der Waals surface area (Å²) in [6.45, 7) is 0.840. The number of aliphatic carboxylic acids is 2. The molecule has 160 valence electrons. The van der Waals surface area contributed by atoms with Gasteiger partial charge in [-0.1, -0.05) is 11.6 Å². The molecule has 0 spiro atoms. The van der Waals surface area contributed by atoms with E-state index in [4.69, 9.17) is 36.2 Å². The summed E-state index contributed by atoms with van der Waals surface area (Å²) < 4.78 is 24.4. The lowest BCUT2D eigenvalue weighted by Crippen LogP contribution is -2.13. The molecule has 10 heteroatoms. The average Bonchev–Trinajstić information content (AvgIpc) is 3.23. The summed E-state index contributed by atoms with van der Waals surface area (Å²) in [4.78, 5) is 19.1. The number of benzene rings is 1. The second-order valence-electron chi connectivity index (χ2n) is 5.79. The fourth-order valence-electron chi connectivity index (χ4n) is 2.23. The van der Waals surface area contributed by atoms with E-state index in [1.165, 1.54) is 6.07 Å². The predicted molar refractivity (Wildman–Crippen MR) is 106 cm³/mol. The standard InChI is InChI=1S/C16H16ClFN2O2.C4H4O4/c1-20-5-2-3-15(11-4-6-21-10-11)22-16-8-13(17)14(18)7-12(16)9-19;5-3(6)1-2-4(7)8/h4,6-8,10,15,20H,2-3,5H2,1H3;1-2H,(H,5,6)(H,7,8)/t15-;/m1./s1. The average molecular weight is 439 g/mol. The SMILES string of the molecule is CNCCC[C@@H](Oc1cc(Cl)c(F)cc1C#N)c1ccoc1.O=C(O)C=CC(=O)O. The molecule has 0 saturated carbocycles. The lowest BCUT2D eigenvalue weighted by Gasteiger charge is -2.19. The molecule has 2 rings (SSSR count). The van der Waals surface area contributed by atoms with Gasteiger partial charge in [0.15, 0.2) is 0 Å². The third-order valence-corrected chi connectivity index (χ3v) is 3.88. The van der Waals surface area contributed by atoms with Crippen molar-refractivity contribution in [2.24, 2.45) is 0 Å². The second kappa shape index (κ2) is 13.0. The van der Waals surface area contributed by atoms with Gasteiger partial charge in [-0.3, -0.25) is 0 Å². The third kappa shape index (κ3) is 8.77. The maximum atomic E-state index is 13.4. The quantitative estimate of drug-likeness (QED) is 0.398. The fourth-order valence-corrected chi connectivity index (χ4v) is 2.38. The maximum absolute atomic E-state index is 13.4. The second-order valence-corrected chi connectivity index (χ2v) is 6.20. The first-order chi connectivity index (χ1) is 14.3. The molecule has 0 amide bonds. The summed E-state index contributed by atoms with van der Waals surface area (Å²) in [5.74, 6) is -2.88. The molecule has 30 heavy (non-hydrogen) atoms. The van der Waals surface area contributed by atoms with Gasteiger partial charge in [0, 0.05) is 23.8 Å². The Morgan fingerprint density at radius 2 is 2.03 bits per heavy atom. The molecular weight excluding hydrogens is 419 g/mol. The molecule has 0 fully saturated rings.